The lowest BCUT2D eigenvalue weighted by Crippen LogP contribution is -2.33. The summed E-state index contributed by atoms with van der Waals surface area (Å²) >= 11 is 6.17. The van der Waals surface area contributed by atoms with Gasteiger partial charge in [-0.2, -0.15) is 0 Å². The minimum Gasteiger partial charge on any atom is -0.480 e. The summed E-state index contributed by atoms with van der Waals surface area (Å²) in [5.74, 6) is -0.0615. The maximum atomic E-state index is 12.2. The van der Waals surface area contributed by atoms with E-state index in [1.54, 1.807) is 18.2 Å². The lowest BCUT2D eigenvalue weighted by atomic mass is 10.2. The second-order valence-corrected chi connectivity index (χ2v) is 6.82. The van der Waals surface area contributed by atoms with Gasteiger partial charge in [0, 0.05) is 0 Å². The average Bonchev–Trinajstić information content (AvgIpc) is 2.85. The van der Waals surface area contributed by atoms with Crippen LogP contribution in [0.3, 0.4) is 0 Å². The molecule has 1 aliphatic heterocycles. The summed E-state index contributed by atoms with van der Waals surface area (Å²) in [7, 11) is 0. The quantitative estimate of drug-likeness (QED) is 0.638. The van der Waals surface area contributed by atoms with Crippen LogP contribution >= 0.6 is 24.0 Å². The van der Waals surface area contributed by atoms with Crippen LogP contribution in [0.15, 0.2) is 59.5 Å². The van der Waals surface area contributed by atoms with Crippen molar-refractivity contribution in [3.63, 3.8) is 0 Å². The molecule has 0 atom stereocenters. The normalized spacial score (nSPS) is 15.7. The Labute approximate surface area is 153 Å². The number of ether oxygens (including phenoxy) is 1. The van der Waals surface area contributed by atoms with Crippen LogP contribution in [-0.2, 0) is 9.59 Å². The molecule has 0 bridgehead atoms. The fourth-order valence-electron chi connectivity index (χ4n) is 2.18. The van der Waals surface area contributed by atoms with E-state index in [4.69, 9.17) is 22.1 Å². The molecule has 0 aromatic heterocycles. The topological polar surface area (TPSA) is 66.8 Å². The molecule has 2 aromatic rings. The fraction of sp³-hybridized carbons (Fsp3) is 0.0556. The molecule has 0 radical (unpaired) electrons. The summed E-state index contributed by atoms with van der Waals surface area (Å²) < 4.78 is 5.97. The first-order valence-corrected chi connectivity index (χ1v) is 8.55. The lowest BCUT2D eigenvalue weighted by molar-refractivity contribution is -0.140. The highest BCUT2D eigenvalue weighted by atomic mass is 32.2. The highest BCUT2D eigenvalue weighted by molar-refractivity contribution is 8.26. The fourth-order valence-corrected chi connectivity index (χ4v) is 3.43. The number of aliphatic carboxylic acids is 1. The standard InChI is InChI=1S/C18H13NO4S2/c20-16(21)11-19-17(22)15(25-18(19)24)10-12-6-8-14(9-7-12)23-13-4-2-1-3-5-13/h1-10H,11H2,(H,20,21). The summed E-state index contributed by atoms with van der Waals surface area (Å²) in [6.45, 7) is -0.425. The molecule has 1 saturated heterocycles. The number of carboxylic acids is 1. The smallest absolute Gasteiger partial charge is 0.323 e. The van der Waals surface area contributed by atoms with Crippen LogP contribution in [0.2, 0.25) is 0 Å². The molecular weight excluding hydrogens is 358 g/mol. The monoisotopic (exact) mass is 371 g/mol. The van der Waals surface area contributed by atoms with Crippen molar-refractivity contribution in [2.75, 3.05) is 6.54 Å². The van der Waals surface area contributed by atoms with Crippen molar-refractivity contribution in [2.45, 2.75) is 0 Å². The van der Waals surface area contributed by atoms with Gasteiger partial charge in [0.25, 0.3) is 5.91 Å². The van der Waals surface area contributed by atoms with Gasteiger partial charge in [-0.3, -0.25) is 14.5 Å². The predicted molar refractivity (Wildman–Crippen MR) is 100 cm³/mol. The molecule has 2 aromatic carbocycles. The molecule has 1 aliphatic rings. The number of para-hydroxylation sites is 1. The van der Waals surface area contributed by atoms with Crippen LogP contribution in [0.5, 0.6) is 11.5 Å². The average molecular weight is 371 g/mol. The van der Waals surface area contributed by atoms with Gasteiger partial charge >= 0.3 is 5.97 Å². The van der Waals surface area contributed by atoms with Crippen LogP contribution < -0.4 is 4.74 Å². The number of thiocarbonyl (C=S) groups is 1. The van der Waals surface area contributed by atoms with E-state index in [0.29, 0.717) is 10.7 Å². The molecular formula is C18H13NO4S2. The number of thioether (sulfide) groups is 1. The predicted octanol–water partition coefficient (Wildman–Crippen LogP) is 3.76. The van der Waals surface area contributed by atoms with E-state index >= 15 is 0 Å². The van der Waals surface area contributed by atoms with Gasteiger partial charge in [-0.1, -0.05) is 54.3 Å². The maximum absolute atomic E-state index is 12.2. The Hall–Kier alpha value is -2.64. The third kappa shape index (κ3) is 4.26. The van der Waals surface area contributed by atoms with Crippen LogP contribution in [0.25, 0.3) is 6.08 Å². The highest BCUT2D eigenvalue weighted by Crippen LogP contribution is 2.32. The van der Waals surface area contributed by atoms with Crippen molar-refractivity contribution in [3.8, 4) is 11.5 Å². The Balaban J connectivity index is 1.72. The van der Waals surface area contributed by atoms with Gasteiger partial charge in [-0.15, -0.1) is 0 Å². The molecule has 0 aliphatic carbocycles. The van der Waals surface area contributed by atoms with Crippen molar-refractivity contribution in [2.24, 2.45) is 0 Å². The number of benzene rings is 2. The molecule has 0 unspecified atom stereocenters. The molecule has 3 rings (SSSR count). The van der Waals surface area contributed by atoms with Crippen molar-refractivity contribution in [1.29, 1.82) is 0 Å². The zero-order chi connectivity index (χ0) is 17.8. The molecule has 1 fully saturated rings. The van der Waals surface area contributed by atoms with Crippen LogP contribution in [0, 0.1) is 0 Å². The van der Waals surface area contributed by atoms with Gasteiger partial charge in [0.05, 0.1) is 4.91 Å². The maximum Gasteiger partial charge on any atom is 0.323 e. The molecule has 126 valence electrons. The third-order valence-corrected chi connectivity index (χ3v) is 4.70. The van der Waals surface area contributed by atoms with Crippen molar-refractivity contribution >= 4 is 46.3 Å². The summed E-state index contributed by atoms with van der Waals surface area (Å²) in [5.41, 5.74) is 0.802. The molecule has 7 heteroatoms. The number of carbonyl (C=O) groups is 2. The van der Waals surface area contributed by atoms with Gasteiger partial charge in [0.1, 0.15) is 22.4 Å². The molecule has 0 saturated carbocycles. The van der Waals surface area contributed by atoms with E-state index in [9.17, 15) is 9.59 Å². The summed E-state index contributed by atoms with van der Waals surface area (Å²) in [5, 5.41) is 8.84. The summed E-state index contributed by atoms with van der Waals surface area (Å²) in [6, 6.07) is 16.7. The first-order valence-electron chi connectivity index (χ1n) is 7.33. The zero-order valence-corrected chi connectivity index (χ0v) is 14.5. The van der Waals surface area contributed by atoms with E-state index < -0.39 is 12.5 Å². The Bertz CT molecular complexity index is 847. The van der Waals surface area contributed by atoms with Crippen LogP contribution in [-0.4, -0.2) is 32.7 Å². The molecule has 1 N–H and O–H groups in total. The van der Waals surface area contributed by atoms with E-state index in [0.717, 1.165) is 28.0 Å². The first-order chi connectivity index (χ1) is 12.0. The van der Waals surface area contributed by atoms with E-state index in [1.807, 2.05) is 42.5 Å². The molecule has 1 amide bonds. The minimum absolute atomic E-state index is 0.252. The van der Waals surface area contributed by atoms with E-state index in [-0.39, 0.29) is 10.2 Å². The van der Waals surface area contributed by atoms with Crippen molar-refractivity contribution in [1.82, 2.24) is 4.90 Å². The van der Waals surface area contributed by atoms with E-state index in [1.165, 1.54) is 0 Å². The van der Waals surface area contributed by atoms with Gasteiger partial charge in [0.2, 0.25) is 0 Å². The SMILES string of the molecule is O=C(O)CN1C(=O)C(=Cc2ccc(Oc3ccccc3)cc2)SC1=S. The van der Waals surface area contributed by atoms with Gasteiger partial charge < -0.3 is 9.84 Å². The molecule has 1 heterocycles. The first kappa shape index (κ1) is 17.2. The second-order valence-electron chi connectivity index (χ2n) is 5.15. The Morgan fingerprint density at radius 3 is 2.40 bits per heavy atom. The second kappa shape index (κ2) is 7.50. The Kier molecular flexibility index (Phi) is 5.16. The van der Waals surface area contributed by atoms with Crippen LogP contribution in [0.1, 0.15) is 5.56 Å². The van der Waals surface area contributed by atoms with Crippen molar-refractivity contribution < 1.29 is 19.4 Å². The van der Waals surface area contributed by atoms with Crippen molar-refractivity contribution in [3.05, 3.63) is 65.1 Å². The minimum atomic E-state index is -1.10. The summed E-state index contributed by atoms with van der Waals surface area (Å²) in [6.07, 6.45) is 1.69. The Morgan fingerprint density at radius 2 is 1.76 bits per heavy atom. The van der Waals surface area contributed by atoms with Gasteiger partial charge in [-0.05, 0) is 35.9 Å². The number of hydrogen-bond donors (Lipinski definition) is 1. The third-order valence-electron chi connectivity index (χ3n) is 3.32. The van der Waals surface area contributed by atoms with Gasteiger partial charge in [-0.25, -0.2) is 0 Å². The Morgan fingerprint density at radius 1 is 1.12 bits per heavy atom. The number of hydrogen-bond acceptors (Lipinski definition) is 5. The molecule has 0 spiro atoms. The van der Waals surface area contributed by atoms with E-state index in [2.05, 4.69) is 0 Å². The number of rotatable bonds is 5. The lowest BCUT2D eigenvalue weighted by Gasteiger charge is -2.10. The zero-order valence-electron chi connectivity index (χ0n) is 12.9. The van der Waals surface area contributed by atoms with Gasteiger partial charge in [0.15, 0.2) is 0 Å². The molecule has 5 nitrogen and oxygen atoms in total. The van der Waals surface area contributed by atoms with Crippen LogP contribution in [0.4, 0.5) is 0 Å². The summed E-state index contributed by atoms with van der Waals surface area (Å²) in [4.78, 5) is 24.5. The number of carbonyl (C=O) groups excluding carboxylic acids is 1. The highest BCUT2D eigenvalue weighted by Gasteiger charge is 2.33. The molecule has 25 heavy (non-hydrogen) atoms. The number of carboxylic acid groups (broad SMARTS) is 1. The number of nitrogens with zero attached hydrogens (tertiary/aromatic N) is 1. The number of amides is 1. The largest absolute Gasteiger partial charge is 0.480 e.